The molecule has 1 unspecified atom stereocenters. The molecular weight excluding hydrogens is 384 g/mol. The first-order valence-electron chi connectivity index (χ1n) is 9.10. The molecule has 0 saturated carbocycles. The van der Waals surface area contributed by atoms with Crippen LogP contribution in [-0.2, 0) is 9.59 Å². The van der Waals surface area contributed by atoms with Crippen molar-refractivity contribution in [1.82, 2.24) is 5.32 Å². The van der Waals surface area contributed by atoms with Crippen LogP contribution in [0.5, 0.6) is 11.5 Å². The second kappa shape index (κ2) is 9.98. The fourth-order valence-corrected chi connectivity index (χ4v) is 2.73. The van der Waals surface area contributed by atoms with Gasteiger partial charge >= 0.3 is 0 Å². The quantitative estimate of drug-likeness (QED) is 0.413. The molecule has 8 heteroatoms. The highest BCUT2D eigenvalue weighted by atomic mass is 16.5. The van der Waals surface area contributed by atoms with Crippen LogP contribution >= 0.6 is 0 Å². The number of carbonyl (C=O) groups is 2. The van der Waals surface area contributed by atoms with E-state index in [-0.39, 0.29) is 11.5 Å². The number of hydrogen-bond donors (Lipinski definition) is 2. The highest BCUT2D eigenvalue weighted by molar-refractivity contribution is 6.01. The van der Waals surface area contributed by atoms with Crippen molar-refractivity contribution in [3.05, 3.63) is 59.8 Å². The van der Waals surface area contributed by atoms with Crippen molar-refractivity contribution >= 4 is 23.2 Å². The number of nitrogens with two attached hydrogens (primary N) is 1. The van der Waals surface area contributed by atoms with Crippen LogP contribution in [0.2, 0.25) is 0 Å². The maximum absolute atomic E-state index is 12.7. The minimum Gasteiger partial charge on any atom is -0.493 e. The van der Waals surface area contributed by atoms with Crippen LogP contribution in [0.15, 0.2) is 54.2 Å². The number of rotatable bonds is 7. The van der Waals surface area contributed by atoms with Gasteiger partial charge in [0.15, 0.2) is 11.5 Å². The summed E-state index contributed by atoms with van der Waals surface area (Å²) in [6.07, 6.45) is 1.21. The standard InChI is InChI=1S/C22H24N4O4/c1-14(16-5-10-20(29-3)21(11-16)30-4)25-22(28)17(12-23)13-26(15(2)27)19-8-6-18(24)7-9-19/h5-11,13-14H,24H2,1-4H3,(H,25,28)/b17-13-. The molecule has 156 valence electrons. The first kappa shape index (κ1) is 22.3. The highest BCUT2D eigenvalue weighted by Crippen LogP contribution is 2.30. The van der Waals surface area contributed by atoms with Crippen LogP contribution < -0.4 is 25.4 Å². The summed E-state index contributed by atoms with van der Waals surface area (Å²) in [6.45, 7) is 3.11. The Balaban J connectivity index is 2.25. The zero-order valence-electron chi connectivity index (χ0n) is 17.3. The molecule has 2 aromatic rings. The van der Waals surface area contributed by atoms with E-state index in [0.29, 0.717) is 22.9 Å². The number of nitrogens with one attached hydrogen (secondary N) is 1. The van der Waals surface area contributed by atoms with Crippen LogP contribution in [0.3, 0.4) is 0 Å². The highest BCUT2D eigenvalue weighted by Gasteiger charge is 2.18. The Labute approximate surface area is 175 Å². The molecule has 0 aliphatic rings. The Bertz CT molecular complexity index is 993. The Morgan fingerprint density at radius 3 is 2.30 bits per heavy atom. The first-order chi connectivity index (χ1) is 14.3. The summed E-state index contributed by atoms with van der Waals surface area (Å²) in [6, 6.07) is 13.2. The smallest absolute Gasteiger partial charge is 0.263 e. The molecule has 0 aliphatic carbocycles. The second-order valence-corrected chi connectivity index (χ2v) is 6.44. The van der Waals surface area contributed by atoms with E-state index in [4.69, 9.17) is 15.2 Å². The topological polar surface area (TPSA) is 118 Å². The van der Waals surface area contributed by atoms with Crippen molar-refractivity contribution in [1.29, 1.82) is 5.26 Å². The predicted molar refractivity (Wildman–Crippen MR) is 114 cm³/mol. The van der Waals surface area contributed by atoms with Crippen molar-refractivity contribution in [2.75, 3.05) is 24.9 Å². The summed E-state index contributed by atoms with van der Waals surface area (Å²) in [4.78, 5) is 25.9. The minimum absolute atomic E-state index is 0.214. The summed E-state index contributed by atoms with van der Waals surface area (Å²) in [5, 5.41) is 12.2. The van der Waals surface area contributed by atoms with Crippen molar-refractivity contribution in [2.24, 2.45) is 0 Å². The number of nitriles is 1. The maximum atomic E-state index is 12.7. The molecule has 2 amide bonds. The van der Waals surface area contributed by atoms with E-state index in [0.717, 1.165) is 5.56 Å². The van der Waals surface area contributed by atoms with Gasteiger partial charge in [0.1, 0.15) is 11.6 Å². The van der Waals surface area contributed by atoms with Gasteiger partial charge in [-0.05, 0) is 48.9 Å². The average Bonchev–Trinajstić information content (AvgIpc) is 2.74. The van der Waals surface area contributed by atoms with Crippen LogP contribution in [0.1, 0.15) is 25.5 Å². The lowest BCUT2D eigenvalue weighted by Gasteiger charge is -2.19. The SMILES string of the molecule is COc1ccc(C(C)NC(=O)/C(C#N)=C\N(C(C)=O)c2ccc(N)cc2)cc1OC. The van der Waals surface area contributed by atoms with Crippen LogP contribution in [0.25, 0.3) is 0 Å². The van der Waals surface area contributed by atoms with Crippen molar-refractivity contribution < 1.29 is 19.1 Å². The van der Waals surface area contributed by atoms with Gasteiger partial charge in [0, 0.05) is 24.5 Å². The van der Waals surface area contributed by atoms with E-state index in [1.54, 1.807) is 49.4 Å². The number of carbonyl (C=O) groups excluding carboxylic acids is 2. The van der Waals surface area contributed by atoms with Gasteiger partial charge in [-0.3, -0.25) is 14.5 Å². The summed E-state index contributed by atoms with van der Waals surface area (Å²) < 4.78 is 10.5. The Morgan fingerprint density at radius 2 is 1.77 bits per heavy atom. The molecule has 0 radical (unpaired) electrons. The molecule has 3 N–H and O–H groups in total. The molecule has 8 nitrogen and oxygen atoms in total. The third-order valence-electron chi connectivity index (χ3n) is 4.39. The van der Waals surface area contributed by atoms with E-state index in [1.807, 2.05) is 6.07 Å². The van der Waals surface area contributed by atoms with E-state index < -0.39 is 11.9 Å². The number of nitrogen functional groups attached to an aromatic ring is 1. The largest absolute Gasteiger partial charge is 0.493 e. The van der Waals surface area contributed by atoms with Gasteiger partial charge in [0.05, 0.1) is 20.3 Å². The Hall–Kier alpha value is -3.99. The molecule has 0 bridgehead atoms. The summed E-state index contributed by atoms with van der Waals surface area (Å²) in [5.41, 5.74) is 7.25. The lowest BCUT2D eigenvalue weighted by atomic mass is 10.1. The van der Waals surface area contributed by atoms with Crippen molar-refractivity contribution in [2.45, 2.75) is 19.9 Å². The molecule has 0 aliphatic heterocycles. The van der Waals surface area contributed by atoms with Crippen LogP contribution in [-0.4, -0.2) is 26.0 Å². The monoisotopic (exact) mass is 408 g/mol. The fourth-order valence-electron chi connectivity index (χ4n) is 2.73. The molecule has 0 spiro atoms. The maximum Gasteiger partial charge on any atom is 0.263 e. The Morgan fingerprint density at radius 1 is 1.13 bits per heavy atom. The second-order valence-electron chi connectivity index (χ2n) is 6.44. The lowest BCUT2D eigenvalue weighted by Crippen LogP contribution is -2.30. The summed E-state index contributed by atoms with van der Waals surface area (Å²) in [5.74, 6) is 0.131. The average molecular weight is 408 g/mol. The zero-order valence-corrected chi connectivity index (χ0v) is 17.3. The molecule has 0 aromatic heterocycles. The molecule has 2 rings (SSSR count). The molecule has 30 heavy (non-hydrogen) atoms. The van der Waals surface area contributed by atoms with E-state index in [1.165, 1.54) is 32.2 Å². The zero-order chi connectivity index (χ0) is 22.3. The lowest BCUT2D eigenvalue weighted by molar-refractivity contribution is -0.117. The van der Waals surface area contributed by atoms with Crippen molar-refractivity contribution in [3.8, 4) is 17.6 Å². The van der Waals surface area contributed by atoms with Gasteiger partial charge in [-0.15, -0.1) is 0 Å². The van der Waals surface area contributed by atoms with Gasteiger partial charge in [-0.2, -0.15) is 5.26 Å². The summed E-state index contributed by atoms with van der Waals surface area (Å²) >= 11 is 0. The van der Waals surface area contributed by atoms with E-state index in [9.17, 15) is 14.9 Å². The minimum atomic E-state index is -0.610. The van der Waals surface area contributed by atoms with E-state index in [2.05, 4.69) is 5.32 Å². The third-order valence-corrected chi connectivity index (χ3v) is 4.39. The fraction of sp³-hybridized carbons (Fsp3) is 0.227. The molecule has 2 aromatic carbocycles. The number of hydrogen-bond acceptors (Lipinski definition) is 6. The van der Waals surface area contributed by atoms with Gasteiger partial charge in [0.25, 0.3) is 5.91 Å². The van der Waals surface area contributed by atoms with Gasteiger partial charge in [0.2, 0.25) is 5.91 Å². The normalized spacial score (nSPS) is 11.8. The first-order valence-corrected chi connectivity index (χ1v) is 9.10. The van der Waals surface area contributed by atoms with Crippen molar-refractivity contribution in [3.63, 3.8) is 0 Å². The predicted octanol–water partition coefficient (Wildman–Crippen LogP) is 2.92. The summed E-state index contributed by atoms with van der Waals surface area (Å²) in [7, 11) is 3.06. The van der Waals surface area contributed by atoms with Gasteiger partial charge in [-0.1, -0.05) is 6.07 Å². The van der Waals surface area contributed by atoms with Crippen LogP contribution in [0.4, 0.5) is 11.4 Å². The number of nitrogens with zero attached hydrogens (tertiary/aromatic N) is 2. The Kier molecular flexibility index (Phi) is 7.42. The molecule has 1 atom stereocenters. The molecule has 0 fully saturated rings. The molecule has 0 saturated heterocycles. The number of methoxy groups -OCH3 is 2. The van der Waals surface area contributed by atoms with Crippen LogP contribution in [0, 0.1) is 11.3 Å². The number of benzene rings is 2. The number of amides is 2. The molecular formula is C22H24N4O4. The molecule has 0 heterocycles. The third kappa shape index (κ3) is 5.29. The van der Waals surface area contributed by atoms with E-state index >= 15 is 0 Å². The van der Waals surface area contributed by atoms with Gasteiger partial charge in [-0.25, -0.2) is 0 Å². The number of anilines is 2. The number of ether oxygens (including phenoxy) is 2. The van der Waals surface area contributed by atoms with Gasteiger partial charge < -0.3 is 20.5 Å².